The molecule has 0 aliphatic carbocycles. The number of nitrogens with one attached hydrogen (secondary N) is 8. The molecule has 0 rings (SSSR count). The van der Waals surface area contributed by atoms with Crippen LogP contribution in [0.15, 0.2) is 0 Å². The smallest absolute Gasteiger partial charge is 0.243 e. The fourth-order valence-corrected chi connectivity index (χ4v) is 3.70. The van der Waals surface area contributed by atoms with E-state index < -0.39 is 54.3 Å². The first-order chi connectivity index (χ1) is 19.2. The third kappa shape index (κ3) is 17.4. The third-order valence-corrected chi connectivity index (χ3v) is 5.81. The largest absolute Gasteiger partial charge is 0.370 e. The van der Waals surface area contributed by atoms with Crippen LogP contribution in [-0.2, 0) is 24.0 Å². The van der Waals surface area contributed by atoms with Crippen LogP contribution in [0.4, 0.5) is 0 Å². The summed E-state index contributed by atoms with van der Waals surface area (Å²) in [5.74, 6) is -2.95. The summed E-state index contributed by atoms with van der Waals surface area (Å²) in [5.41, 5.74) is 16.4. The molecular formula is C25H48N11O5. The minimum atomic E-state index is -1.07. The molecule has 4 atom stereocenters. The monoisotopic (exact) mass is 582 g/mol. The molecular weight excluding hydrogens is 534 g/mol. The highest BCUT2D eigenvalue weighted by atomic mass is 16.2. The van der Waals surface area contributed by atoms with Gasteiger partial charge in [-0.25, -0.2) is 0 Å². The van der Waals surface area contributed by atoms with Crippen LogP contribution in [0.1, 0.15) is 59.8 Å². The van der Waals surface area contributed by atoms with Gasteiger partial charge in [0.05, 0.1) is 18.6 Å². The number of carbonyl (C=O) groups excluding carboxylic acids is 5. The molecule has 0 fully saturated rings. The van der Waals surface area contributed by atoms with Crippen LogP contribution in [0.3, 0.4) is 0 Å². The summed E-state index contributed by atoms with van der Waals surface area (Å²) in [6, 6.07) is -3.75. The normalized spacial score (nSPS) is 13.7. The van der Waals surface area contributed by atoms with Crippen LogP contribution in [0.5, 0.6) is 0 Å². The molecule has 0 aromatic rings. The summed E-state index contributed by atoms with van der Waals surface area (Å²) in [5, 5.41) is 29.8. The number of hydrogen-bond donors (Lipinski definition) is 11. The zero-order valence-electron chi connectivity index (χ0n) is 24.4. The SMILES string of the molecule is CC(C)C[C@H](N)C(=O)N[C@H](C(=O)N[C@@H](CCCNC(=N)N)C(=O)NCC(=O)N[C@H]([C]=O)CCCNC(=N)N)C(C)C. The van der Waals surface area contributed by atoms with Crippen molar-refractivity contribution < 1.29 is 24.0 Å². The van der Waals surface area contributed by atoms with E-state index in [9.17, 15) is 24.0 Å². The van der Waals surface area contributed by atoms with Crippen molar-refractivity contribution in [1.82, 2.24) is 31.9 Å². The van der Waals surface area contributed by atoms with Crippen molar-refractivity contribution in [3.63, 3.8) is 0 Å². The van der Waals surface area contributed by atoms with Gasteiger partial charge < -0.3 is 49.1 Å². The molecule has 0 bridgehead atoms. The summed E-state index contributed by atoms with van der Waals surface area (Å²) >= 11 is 0. The Labute approximate surface area is 241 Å². The van der Waals surface area contributed by atoms with Gasteiger partial charge in [0.15, 0.2) is 11.9 Å². The summed E-state index contributed by atoms with van der Waals surface area (Å²) in [4.78, 5) is 62.2. The second-order valence-corrected chi connectivity index (χ2v) is 10.4. The lowest BCUT2D eigenvalue weighted by molar-refractivity contribution is -0.134. The molecule has 0 heterocycles. The van der Waals surface area contributed by atoms with Crippen molar-refractivity contribution in [3.8, 4) is 0 Å². The molecule has 0 unspecified atom stereocenters. The second-order valence-electron chi connectivity index (χ2n) is 10.4. The molecule has 233 valence electrons. The molecule has 14 N–H and O–H groups in total. The lowest BCUT2D eigenvalue weighted by Gasteiger charge is -2.26. The van der Waals surface area contributed by atoms with Crippen LogP contribution in [0.2, 0.25) is 0 Å². The molecule has 4 amide bonds. The van der Waals surface area contributed by atoms with Crippen molar-refractivity contribution in [2.45, 2.75) is 84.0 Å². The summed E-state index contributed by atoms with van der Waals surface area (Å²) in [7, 11) is 0. The quantitative estimate of drug-likeness (QED) is 0.0399. The number of hydrogen-bond acceptors (Lipinski definition) is 8. The van der Waals surface area contributed by atoms with E-state index in [0.29, 0.717) is 25.8 Å². The Morgan fingerprint density at radius 3 is 1.83 bits per heavy atom. The Bertz CT molecular complexity index is 897. The highest BCUT2D eigenvalue weighted by Crippen LogP contribution is 2.08. The Kier molecular flexibility index (Phi) is 18.1. The first-order valence-electron chi connectivity index (χ1n) is 13.6. The predicted octanol–water partition coefficient (Wildman–Crippen LogP) is -2.78. The molecule has 16 heteroatoms. The van der Waals surface area contributed by atoms with E-state index in [0.717, 1.165) is 0 Å². The molecule has 0 saturated heterocycles. The molecule has 41 heavy (non-hydrogen) atoms. The van der Waals surface area contributed by atoms with Crippen molar-refractivity contribution in [3.05, 3.63) is 0 Å². The summed E-state index contributed by atoms with van der Waals surface area (Å²) < 4.78 is 0. The van der Waals surface area contributed by atoms with Gasteiger partial charge in [0, 0.05) is 13.1 Å². The van der Waals surface area contributed by atoms with E-state index in [1.165, 1.54) is 0 Å². The fraction of sp³-hybridized carbons (Fsp3) is 0.720. The predicted molar refractivity (Wildman–Crippen MR) is 155 cm³/mol. The molecule has 16 nitrogen and oxygen atoms in total. The van der Waals surface area contributed by atoms with Crippen LogP contribution in [0.25, 0.3) is 0 Å². The molecule has 0 aromatic carbocycles. The van der Waals surface area contributed by atoms with E-state index in [1.54, 1.807) is 20.1 Å². The zero-order chi connectivity index (χ0) is 31.5. The number of guanidine groups is 2. The number of rotatable bonds is 20. The van der Waals surface area contributed by atoms with Crippen LogP contribution >= 0.6 is 0 Å². The molecule has 0 aliphatic rings. The zero-order valence-corrected chi connectivity index (χ0v) is 24.4. The maximum atomic E-state index is 13.1. The van der Waals surface area contributed by atoms with E-state index in [2.05, 4.69) is 31.9 Å². The Balaban J connectivity index is 5.26. The number of carbonyl (C=O) groups is 4. The summed E-state index contributed by atoms with van der Waals surface area (Å²) in [6.45, 7) is 7.47. The van der Waals surface area contributed by atoms with Gasteiger partial charge in [0.1, 0.15) is 12.1 Å². The molecule has 0 aliphatic heterocycles. The van der Waals surface area contributed by atoms with Gasteiger partial charge in [0.25, 0.3) is 0 Å². The van der Waals surface area contributed by atoms with Crippen LogP contribution < -0.4 is 49.1 Å². The van der Waals surface area contributed by atoms with Crippen molar-refractivity contribution in [1.29, 1.82) is 10.8 Å². The van der Waals surface area contributed by atoms with Gasteiger partial charge in [-0.3, -0.25) is 34.8 Å². The number of amides is 4. The van der Waals surface area contributed by atoms with E-state index in [1.807, 2.05) is 13.8 Å². The average Bonchev–Trinajstić information content (AvgIpc) is 2.87. The topological polar surface area (TPSA) is 283 Å². The highest BCUT2D eigenvalue weighted by molar-refractivity contribution is 5.94. The van der Waals surface area contributed by atoms with Gasteiger partial charge in [-0.05, 0) is 43.9 Å². The fourth-order valence-electron chi connectivity index (χ4n) is 3.70. The third-order valence-electron chi connectivity index (χ3n) is 5.81. The molecule has 0 saturated carbocycles. The molecule has 1 radical (unpaired) electrons. The minimum absolute atomic E-state index is 0.138. The maximum absolute atomic E-state index is 13.1. The Hall–Kier alpha value is -3.95. The highest BCUT2D eigenvalue weighted by Gasteiger charge is 2.30. The van der Waals surface area contributed by atoms with Crippen molar-refractivity contribution in [2.75, 3.05) is 19.6 Å². The Morgan fingerprint density at radius 1 is 0.780 bits per heavy atom. The van der Waals surface area contributed by atoms with Gasteiger partial charge >= 0.3 is 0 Å². The average molecular weight is 583 g/mol. The van der Waals surface area contributed by atoms with Crippen LogP contribution in [0, 0.1) is 22.7 Å². The molecule has 0 spiro atoms. The van der Waals surface area contributed by atoms with Crippen molar-refractivity contribution in [2.24, 2.45) is 29.0 Å². The van der Waals surface area contributed by atoms with Gasteiger partial charge in [-0.2, -0.15) is 0 Å². The molecule has 0 aromatic heterocycles. The summed E-state index contributed by atoms with van der Waals surface area (Å²) in [6.07, 6.45) is 3.32. The first-order valence-corrected chi connectivity index (χ1v) is 13.6. The lowest BCUT2D eigenvalue weighted by atomic mass is 10.00. The van der Waals surface area contributed by atoms with E-state index in [-0.39, 0.29) is 43.1 Å². The standard InChI is InChI=1S/C25H48N11O5/c1-14(2)11-17(26)21(39)36-20(15(3)4)23(41)35-18(8-6-10-32-25(29)30)22(40)33-12-19(38)34-16(13-37)7-5-9-31-24(27)28/h14-18,20H,5-12,26H2,1-4H3,(H,33,40)(H,34,38)(H,35,41)(H,36,39)(H4,27,28,31)(H4,29,30,32)/t16-,17-,18-,20-/m0/s1. The second kappa shape index (κ2) is 20.0. The number of nitrogens with two attached hydrogens (primary N) is 3. The minimum Gasteiger partial charge on any atom is -0.370 e. The van der Waals surface area contributed by atoms with E-state index >= 15 is 0 Å². The first kappa shape index (κ1) is 37.0. The Morgan fingerprint density at radius 2 is 1.34 bits per heavy atom. The van der Waals surface area contributed by atoms with Gasteiger partial charge in [-0.1, -0.05) is 27.7 Å². The van der Waals surface area contributed by atoms with Crippen molar-refractivity contribution >= 4 is 41.8 Å². The van der Waals surface area contributed by atoms with Gasteiger partial charge in [-0.15, -0.1) is 0 Å². The lowest BCUT2D eigenvalue weighted by Crippen LogP contribution is -2.58. The maximum Gasteiger partial charge on any atom is 0.243 e. The van der Waals surface area contributed by atoms with Gasteiger partial charge in [0.2, 0.25) is 29.9 Å². The van der Waals surface area contributed by atoms with E-state index in [4.69, 9.17) is 28.0 Å². The van der Waals surface area contributed by atoms with Crippen LogP contribution in [-0.4, -0.2) is 85.6 Å².